The Morgan fingerprint density at radius 2 is 1.83 bits per heavy atom. The fourth-order valence-corrected chi connectivity index (χ4v) is 3.45. The molecule has 2 aliphatic carbocycles. The van der Waals surface area contributed by atoms with Gasteiger partial charge in [-0.1, -0.05) is 42.0 Å². The van der Waals surface area contributed by atoms with Crippen LogP contribution in [0.15, 0.2) is 65.3 Å². The number of nitrogens with one attached hydrogen (secondary N) is 1. The Balaban J connectivity index is 1.60. The molecule has 2 aliphatic rings. The Kier molecular flexibility index (Phi) is 3.34. The number of hydrogen-bond donors (Lipinski definition) is 1. The van der Waals surface area contributed by atoms with Crippen LogP contribution in [0, 0.1) is 0 Å². The summed E-state index contributed by atoms with van der Waals surface area (Å²) in [5, 5.41) is 5.16. The summed E-state index contributed by atoms with van der Waals surface area (Å²) in [6, 6.07) is 13.9. The van der Waals surface area contributed by atoms with Gasteiger partial charge < -0.3 is 5.32 Å². The molecule has 3 nitrogen and oxygen atoms in total. The van der Waals surface area contributed by atoms with Crippen LogP contribution in [-0.2, 0) is 9.59 Å². The summed E-state index contributed by atoms with van der Waals surface area (Å²) in [5.41, 5.74) is 3.12. The van der Waals surface area contributed by atoms with Crippen LogP contribution < -0.4 is 5.32 Å². The summed E-state index contributed by atoms with van der Waals surface area (Å²) < 4.78 is 0. The zero-order valence-electron chi connectivity index (χ0n) is 12.8. The van der Waals surface area contributed by atoms with Gasteiger partial charge in [-0.05, 0) is 42.2 Å². The molecule has 3 heteroatoms. The Bertz CT molecular complexity index is 889. The zero-order chi connectivity index (χ0) is 15.8. The molecule has 23 heavy (non-hydrogen) atoms. The minimum atomic E-state index is -0.180. The van der Waals surface area contributed by atoms with Gasteiger partial charge in [0.05, 0.1) is 0 Å². The molecule has 0 radical (unpaired) electrons. The first kappa shape index (κ1) is 13.9. The minimum Gasteiger partial charge on any atom is -0.322 e. The molecule has 0 spiro atoms. The van der Waals surface area contributed by atoms with Crippen LogP contribution in [0.2, 0.25) is 0 Å². The fraction of sp³-hybridized carbons (Fsp3) is 0.200. The molecule has 2 aromatic carbocycles. The number of carbonyl (C=O) groups is 2. The van der Waals surface area contributed by atoms with E-state index in [1.165, 1.54) is 0 Å². The normalized spacial score (nSPS) is 17.2. The lowest BCUT2D eigenvalue weighted by atomic mass is 9.89. The Morgan fingerprint density at radius 3 is 2.70 bits per heavy atom. The van der Waals surface area contributed by atoms with Crippen LogP contribution in [0.4, 0.5) is 5.69 Å². The van der Waals surface area contributed by atoms with Crippen molar-refractivity contribution >= 4 is 28.2 Å². The molecule has 0 bridgehead atoms. The lowest BCUT2D eigenvalue weighted by Crippen LogP contribution is -2.20. The molecular formula is C20H17NO2. The van der Waals surface area contributed by atoms with Gasteiger partial charge in [-0.25, -0.2) is 0 Å². The predicted octanol–water partition coefficient (Wildman–Crippen LogP) is 4.16. The van der Waals surface area contributed by atoms with Crippen molar-refractivity contribution in [3.8, 4) is 0 Å². The van der Waals surface area contributed by atoms with Gasteiger partial charge in [-0.15, -0.1) is 0 Å². The highest BCUT2D eigenvalue weighted by atomic mass is 16.2. The van der Waals surface area contributed by atoms with Crippen LogP contribution in [0.1, 0.15) is 25.7 Å². The maximum absolute atomic E-state index is 12.6. The topological polar surface area (TPSA) is 46.2 Å². The third-order valence-corrected chi connectivity index (χ3v) is 4.59. The van der Waals surface area contributed by atoms with E-state index in [2.05, 4.69) is 5.32 Å². The van der Waals surface area contributed by atoms with E-state index in [0.29, 0.717) is 17.6 Å². The van der Waals surface area contributed by atoms with Crippen LogP contribution in [-0.4, -0.2) is 11.7 Å². The van der Waals surface area contributed by atoms with Crippen molar-refractivity contribution in [2.45, 2.75) is 25.7 Å². The average molecular weight is 303 g/mol. The molecule has 0 atom stereocenters. The molecule has 0 heterocycles. The number of amides is 1. The lowest BCUT2D eigenvalue weighted by molar-refractivity contribution is -0.117. The van der Waals surface area contributed by atoms with Crippen molar-refractivity contribution in [2.24, 2.45) is 0 Å². The number of hydrogen-bond acceptors (Lipinski definition) is 2. The van der Waals surface area contributed by atoms with Crippen molar-refractivity contribution in [3.05, 3.63) is 65.3 Å². The fourth-order valence-electron chi connectivity index (χ4n) is 3.45. The van der Waals surface area contributed by atoms with Crippen molar-refractivity contribution in [1.29, 1.82) is 0 Å². The maximum atomic E-state index is 12.6. The number of benzene rings is 2. The maximum Gasteiger partial charge on any atom is 0.256 e. The lowest BCUT2D eigenvalue weighted by Gasteiger charge is -2.15. The molecule has 0 saturated heterocycles. The average Bonchev–Trinajstić information content (AvgIpc) is 3.00. The number of allylic oxidation sites excluding steroid dienone is 2. The van der Waals surface area contributed by atoms with Crippen molar-refractivity contribution < 1.29 is 9.59 Å². The molecule has 1 N–H and O–H groups in total. The first-order valence-electron chi connectivity index (χ1n) is 7.98. The van der Waals surface area contributed by atoms with E-state index >= 15 is 0 Å². The van der Waals surface area contributed by atoms with Gasteiger partial charge in [0.1, 0.15) is 0 Å². The number of fused-ring (bicyclic) bond motifs is 1. The van der Waals surface area contributed by atoms with Crippen molar-refractivity contribution in [3.63, 3.8) is 0 Å². The van der Waals surface area contributed by atoms with Crippen LogP contribution in [0.5, 0.6) is 0 Å². The zero-order valence-corrected chi connectivity index (χ0v) is 12.8. The van der Waals surface area contributed by atoms with E-state index in [0.717, 1.165) is 41.3 Å². The molecule has 0 fully saturated rings. The van der Waals surface area contributed by atoms with E-state index in [1.54, 1.807) is 0 Å². The highest BCUT2D eigenvalue weighted by molar-refractivity contribution is 6.17. The van der Waals surface area contributed by atoms with Crippen LogP contribution >= 0.6 is 0 Å². The van der Waals surface area contributed by atoms with Crippen LogP contribution in [0.3, 0.4) is 0 Å². The van der Waals surface area contributed by atoms with Crippen LogP contribution in [0.25, 0.3) is 10.8 Å². The molecule has 0 aliphatic heterocycles. The number of ketones is 1. The van der Waals surface area contributed by atoms with Gasteiger partial charge >= 0.3 is 0 Å². The smallest absolute Gasteiger partial charge is 0.256 e. The molecule has 0 saturated carbocycles. The first-order valence-corrected chi connectivity index (χ1v) is 7.98. The number of Topliss-reactive ketones (excluding diaryl/α,β-unsaturated/α-hetero) is 1. The Morgan fingerprint density at radius 1 is 1.00 bits per heavy atom. The molecule has 0 unspecified atom stereocenters. The van der Waals surface area contributed by atoms with E-state index in [1.807, 2.05) is 48.5 Å². The van der Waals surface area contributed by atoms with Gasteiger partial charge in [0, 0.05) is 23.3 Å². The Labute approximate surface area is 134 Å². The minimum absolute atomic E-state index is 0.115. The monoisotopic (exact) mass is 303 g/mol. The van der Waals surface area contributed by atoms with Gasteiger partial charge in [-0.2, -0.15) is 0 Å². The third kappa shape index (κ3) is 2.48. The van der Waals surface area contributed by atoms with Crippen molar-refractivity contribution in [1.82, 2.24) is 0 Å². The molecule has 1 amide bonds. The standard InChI is InChI=1S/C20H17NO2/c22-18-7-3-6-14-9-11-17(19(14)18)20(23)21-16-10-8-13-4-1-2-5-15(13)12-16/h1-2,4-5,8,10-12H,3,6-7,9H2,(H,21,23). The van der Waals surface area contributed by atoms with E-state index in [9.17, 15) is 9.59 Å². The second-order valence-corrected chi connectivity index (χ2v) is 6.09. The molecule has 4 rings (SSSR count). The number of anilines is 1. The molecule has 2 aromatic rings. The van der Waals surface area contributed by atoms with E-state index in [-0.39, 0.29) is 11.7 Å². The van der Waals surface area contributed by atoms with E-state index in [4.69, 9.17) is 0 Å². The quantitative estimate of drug-likeness (QED) is 0.905. The van der Waals surface area contributed by atoms with Gasteiger partial charge in [0.2, 0.25) is 0 Å². The second-order valence-electron chi connectivity index (χ2n) is 6.09. The highest BCUT2D eigenvalue weighted by Crippen LogP contribution is 2.35. The summed E-state index contributed by atoms with van der Waals surface area (Å²) in [4.78, 5) is 24.7. The predicted molar refractivity (Wildman–Crippen MR) is 91.2 cm³/mol. The highest BCUT2D eigenvalue weighted by Gasteiger charge is 2.30. The second kappa shape index (κ2) is 5.51. The molecule has 114 valence electrons. The summed E-state index contributed by atoms with van der Waals surface area (Å²) in [6.07, 6.45) is 5.03. The summed E-state index contributed by atoms with van der Waals surface area (Å²) in [7, 11) is 0. The third-order valence-electron chi connectivity index (χ3n) is 4.59. The summed E-state index contributed by atoms with van der Waals surface area (Å²) in [5.74, 6) is -0.0656. The first-order chi connectivity index (χ1) is 11.2. The van der Waals surface area contributed by atoms with Crippen molar-refractivity contribution in [2.75, 3.05) is 5.32 Å². The summed E-state index contributed by atoms with van der Waals surface area (Å²) in [6.45, 7) is 0. The Hall–Kier alpha value is -2.68. The van der Waals surface area contributed by atoms with E-state index < -0.39 is 0 Å². The largest absolute Gasteiger partial charge is 0.322 e. The van der Waals surface area contributed by atoms with Gasteiger partial charge in [-0.3, -0.25) is 9.59 Å². The van der Waals surface area contributed by atoms with Gasteiger partial charge in [0.15, 0.2) is 5.78 Å². The van der Waals surface area contributed by atoms with Gasteiger partial charge in [0.25, 0.3) is 5.91 Å². The number of rotatable bonds is 2. The molecular weight excluding hydrogens is 286 g/mol. The number of carbonyl (C=O) groups excluding carboxylic acids is 2. The molecule has 0 aromatic heterocycles. The summed E-state index contributed by atoms with van der Waals surface area (Å²) >= 11 is 0. The SMILES string of the molecule is O=C1CCCC2=C1C(C(=O)Nc1ccc3ccccc3c1)=CC2.